The van der Waals surface area contributed by atoms with Gasteiger partial charge in [-0.2, -0.15) is 0 Å². The molecule has 1 atom stereocenters. The minimum atomic E-state index is -0.784. The highest BCUT2D eigenvalue weighted by molar-refractivity contribution is 5.70. The lowest BCUT2D eigenvalue weighted by Crippen LogP contribution is -2.28. The lowest BCUT2D eigenvalue weighted by atomic mass is 10.1. The minimum absolute atomic E-state index is 0.0806. The van der Waals surface area contributed by atoms with Gasteiger partial charge in [0.2, 0.25) is 0 Å². The third kappa shape index (κ3) is 30.8. The molecule has 0 aromatic carbocycles. The van der Waals surface area contributed by atoms with Gasteiger partial charge in [0.05, 0.1) is 6.61 Å². The molecule has 0 aliphatic carbocycles. The van der Waals surface area contributed by atoms with E-state index in [1.54, 1.807) is 0 Å². The molecule has 0 aliphatic rings. The van der Waals surface area contributed by atoms with Crippen LogP contribution in [0.3, 0.4) is 0 Å². The maximum atomic E-state index is 12.1. The van der Waals surface area contributed by atoms with Gasteiger partial charge in [-0.15, -0.1) is 0 Å². The first-order valence-corrected chi connectivity index (χ1v) is 17.2. The van der Waals surface area contributed by atoms with Gasteiger partial charge in [-0.25, -0.2) is 0 Å². The Kier molecular flexibility index (Phi) is 31.7. The Morgan fingerprint density at radius 1 is 0.548 bits per heavy atom. The van der Waals surface area contributed by atoms with Crippen molar-refractivity contribution in [2.75, 3.05) is 13.2 Å². The Morgan fingerprint density at radius 3 is 1.52 bits per heavy atom. The van der Waals surface area contributed by atoms with Crippen LogP contribution >= 0.6 is 0 Å². The summed E-state index contributed by atoms with van der Waals surface area (Å²) in [6.07, 6.45) is 40.2. The van der Waals surface area contributed by atoms with E-state index >= 15 is 0 Å². The summed E-state index contributed by atoms with van der Waals surface area (Å²) in [4.78, 5) is 24.1. The number of aliphatic hydroxyl groups excluding tert-OH is 1. The van der Waals surface area contributed by atoms with Gasteiger partial charge < -0.3 is 14.6 Å². The number of hydrogen-bond donors (Lipinski definition) is 1. The smallest absolute Gasteiger partial charge is 0.306 e. The standard InChI is InChI=1S/C37H64O5/c1-3-5-7-9-11-13-15-16-17-18-19-20-22-24-26-28-30-32-37(40)42-35(33-38)34-41-36(39)31-29-27-25-23-21-14-12-10-8-6-4-2/h10-13,16-17,19-20,35,38H,3-9,14-15,18,21-34H2,1-2H3/b12-10+,13-11+,17-16+,20-19+/t35-/m0/s1. The first-order chi connectivity index (χ1) is 20.6. The van der Waals surface area contributed by atoms with Crippen LogP contribution in [0.5, 0.6) is 0 Å². The number of aliphatic hydroxyl groups is 1. The van der Waals surface area contributed by atoms with Crippen LogP contribution in [0.2, 0.25) is 0 Å². The van der Waals surface area contributed by atoms with E-state index in [1.807, 2.05) is 0 Å². The first kappa shape index (κ1) is 39.9. The molecule has 0 aromatic heterocycles. The summed E-state index contributed by atoms with van der Waals surface area (Å²) in [7, 11) is 0. The topological polar surface area (TPSA) is 72.8 Å². The lowest BCUT2D eigenvalue weighted by molar-refractivity contribution is -0.161. The maximum Gasteiger partial charge on any atom is 0.306 e. The number of rotatable bonds is 30. The average Bonchev–Trinajstić information content (AvgIpc) is 2.99. The maximum absolute atomic E-state index is 12.1. The van der Waals surface area contributed by atoms with Crippen LogP contribution in [-0.4, -0.2) is 36.4 Å². The van der Waals surface area contributed by atoms with Crippen molar-refractivity contribution in [3.8, 4) is 0 Å². The number of carbonyl (C=O) groups excluding carboxylic acids is 2. The Hall–Kier alpha value is -2.14. The summed E-state index contributed by atoms with van der Waals surface area (Å²) in [5, 5.41) is 9.50. The molecule has 0 rings (SSSR count). The predicted molar refractivity (Wildman–Crippen MR) is 177 cm³/mol. The zero-order chi connectivity index (χ0) is 30.8. The predicted octanol–water partition coefficient (Wildman–Crippen LogP) is 10.3. The van der Waals surface area contributed by atoms with Gasteiger partial charge in [0, 0.05) is 12.8 Å². The number of unbranched alkanes of at least 4 members (excludes halogenated alkanes) is 14. The van der Waals surface area contributed by atoms with E-state index in [4.69, 9.17) is 9.47 Å². The zero-order valence-corrected chi connectivity index (χ0v) is 27.2. The van der Waals surface area contributed by atoms with Crippen molar-refractivity contribution >= 4 is 11.9 Å². The molecule has 0 amide bonds. The molecular weight excluding hydrogens is 524 g/mol. The van der Waals surface area contributed by atoms with Crippen molar-refractivity contribution in [2.45, 2.75) is 161 Å². The van der Waals surface area contributed by atoms with E-state index < -0.39 is 6.10 Å². The molecule has 0 saturated carbocycles. The molecule has 0 aromatic rings. The third-order valence-electron chi connectivity index (χ3n) is 7.10. The molecule has 0 unspecified atom stereocenters. The SMILES string of the molecule is CCCC/C=C/CCCCCCCC(=O)OC[C@H](CO)OC(=O)CCCCCC/C=C/C/C=C/C/C=C/CCCCC. The molecule has 0 spiro atoms. The second-order valence-electron chi connectivity index (χ2n) is 11.2. The van der Waals surface area contributed by atoms with Crippen LogP contribution in [0.1, 0.15) is 155 Å². The molecule has 0 fully saturated rings. The van der Waals surface area contributed by atoms with Gasteiger partial charge in [0.15, 0.2) is 6.10 Å². The Balaban J connectivity index is 3.66. The molecule has 42 heavy (non-hydrogen) atoms. The van der Waals surface area contributed by atoms with Gasteiger partial charge in [0.1, 0.15) is 6.61 Å². The number of esters is 2. The van der Waals surface area contributed by atoms with Crippen molar-refractivity contribution in [1.82, 2.24) is 0 Å². The van der Waals surface area contributed by atoms with Crippen LogP contribution in [0, 0.1) is 0 Å². The van der Waals surface area contributed by atoms with Crippen LogP contribution in [-0.2, 0) is 19.1 Å². The number of carbonyl (C=O) groups is 2. The van der Waals surface area contributed by atoms with E-state index in [1.165, 1.54) is 57.8 Å². The fourth-order valence-corrected chi connectivity index (χ4v) is 4.42. The quantitative estimate of drug-likeness (QED) is 0.0513. The highest BCUT2D eigenvalue weighted by Crippen LogP contribution is 2.11. The van der Waals surface area contributed by atoms with Crippen LogP contribution in [0.15, 0.2) is 48.6 Å². The fraction of sp³-hybridized carbons (Fsp3) is 0.730. The molecule has 0 saturated heterocycles. The van der Waals surface area contributed by atoms with Gasteiger partial charge in [-0.05, 0) is 70.6 Å². The van der Waals surface area contributed by atoms with Crippen molar-refractivity contribution in [2.24, 2.45) is 0 Å². The van der Waals surface area contributed by atoms with Gasteiger partial charge in [-0.3, -0.25) is 9.59 Å². The van der Waals surface area contributed by atoms with E-state index in [-0.39, 0.29) is 25.2 Å². The van der Waals surface area contributed by atoms with Crippen molar-refractivity contribution in [1.29, 1.82) is 0 Å². The molecule has 5 heteroatoms. The normalized spacial score (nSPS) is 12.7. The molecule has 1 N–H and O–H groups in total. The summed E-state index contributed by atoms with van der Waals surface area (Å²) >= 11 is 0. The van der Waals surface area contributed by atoms with E-state index in [2.05, 4.69) is 62.5 Å². The molecule has 5 nitrogen and oxygen atoms in total. The third-order valence-corrected chi connectivity index (χ3v) is 7.10. The fourth-order valence-electron chi connectivity index (χ4n) is 4.42. The zero-order valence-electron chi connectivity index (χ0n) is 27.2. The van der Waals surface area contributed by atoms with E-state index in [9.17, 15) is 14.7 Å². The van der Waals surface area contributed by atoms with Gasteiger partial charge in [-0.1, -0.05) is 120 Å². The number of hydrogen-bond acceptors (Lipinski definition) is 5. The van der Waals surface area contributed by atoms with Crippen molar-refractivity contribution in [3.63, 3.8) is 0 Å². The van der Waals surface area contributed by atoms with Crippen LogP contribution in [0.25, 0.3) is 0 Å². The molecule has 0 bridgehead atoms. The Morgan fingerprint density at radius 2 is 0.976 bits per heavy atom. The highest BCUT2D eigenvalue weighted by Gasteiger charge is 2.16. The van der Waals surface area contributed by atoms with Gasteiger partial charge >= 0.3 is 11.9 Å². The minimum Gasteiger partial charge on any atom is -0.462 e. The summed E-state index contributed by atoms with van der Waals surface area (Å²) in [5.74, 6) is -0.633. The second-order valence-corrected chi connectivity index (χ2v) is 11.2. The second kappa shape index (κ2) is 33.4. The van der Waals surface area contributed by atoms with Crippen LogP contribution < -0.4 is 0 Å². The number of allylic oxidation sites excluding steroid dienone is 8. The molecule has 0 heterocycles. The van der Waals surface area contributed by atoms with Gasteiger partial charge in [0.25, 0.3) is 0 Å². The van der Waals surface area contributed by atoms with Crippen molar-refractivity contribution in [3.05, 3.63) is 48.6 Å². The van der Waals surface area contributed by atoms with Crippen molar-refractivity contribution < 1.29 is 24.2 Å². The molecule has 0 radical (unpaired) electrons. The summed E-state index contributed by atoms with van der Waals surface area (Å²) < 4.78 is 10.5. The first-order valence-electron chi connectivity index (χ1n) is 17.2. The molecule has 242 valence electrons. The van der Waals surface area contributed by atoms with Crippen LogP contribution in [0.4, 0.5) is 0 Å². The summed E-state index contributed by atoms with van der Waals surface area (Å²) in [6, 6.07) is 0. The number of ether oxygens (including phenoxy) is 2. The summed E-state index contributed by atoms with van der Waals surface area (Å²) in [6.45, 7) is 4.02. The Bertz CT molecular complexity index is 722. The van der Waals surface area contributed by atoms with E-state index in [0.717, 1.165) is 70.6 Å². The summed E-state index contributed by atoms with van der Waals surface area (Å²) in [5.41, 5.74) is 0. The largest absolute Gasteiger partial charge is 0.462 e. The molecular formula is C37H64O5. The Labute approximate surface area is 258 Å². The molecule has 0 aliphatic heterocycles. The monoisotopic (exact) mass is 588 g/mol. The highest BCUT2D eigenvalue weighted by atomic mass is 16.6. The lowest BCUT2D eigenvalue weighted by Gasteiger charge is -2.15. The average molecular weight is 589 g/mol. The van der Waals surface area contributed by atoms with E-state index in [0.29, 0.717) is 12.8 Å².